The number of amides is 1. The molecular weight excluding hydrogens is 318 g/mol. The van der Waals surface area contributed by atoms with Crippen molar-refractivity contribution in [2.24, 2.45) is 5.92 Å². The molecule has 1 aliphatic heterocycles. The molecule has 1 saturated heterocycles. The number of carbonyl (C=O) groups is 1. The standard InChI is InChI=1S/C16H24ClN3O3/c1-11-7-12(22-14-9-18-8-13(17)19-14)5-6-20(10-11)15(21)23-16(2,3)4/h8-9,11-12H,5-7,10H2,1-4H3/t11-,12?/m1/s1. The van der Waals surface area contributed by atoms with Crippen LogP contribution in [-0.4, -0.2) is 45.8 Å². The van der Waals surface area contributed by atoms with Gasteiger partial charge in [0.25, 0.3) is 0 Å². The molecule has 1 unspecified atom stereocenters. The van der Waals surface area contributed by atoms with Crippen LogP contribution in [0.4, 0.5) is 4.79 Å². The van der Waals surface area contributed by atoms with Gasteiger partial charge >= 0.3 is 6.09 Å². The summed E-state index contributed by atoms with van der Waals surface area (Å²) in [6.45, 7) is 8.97. The Morgan fingerprint density at radius 3 is 2.78 bits per heavy atom. The minimum absolute atomic E-state index is 0.0230. The first-order chi connectivity index (χ1) is 10.7. The second-order valence-electron chi connectivity index (χ2n) is 6.98. The van der Waals surface area contributed by atoms with Crippen molar-refractivity contribution in [1.82, 2.24) is 14.9 Å². The van der Waals surface area contributed by atoms with E-state index in [0.29, 0.717) is 30.0 Å². The summed E-state index contributed by atoms with van der Waals surface area (Å²) in [5.74, 6) is 0.725. The van der Waals surface area contributed by atoms with Crippen LogP contribution < -0.4 is 4.74 Å². The molecule has 0 radical (unpaired) electrons. The van der Waals surface area contributed by atoms with E-state index in [1.165, 1.54) is 6.20 Å². The van der Waals surface area contributed by atoms with Gasteiger partial charge in [-0.05, 0) is 33.1 Å². The molecule has 0 spiro atoms. The number of likely N-dealkylation sites (tertiary alicyclic amines) is 1. The Balaban J connectivity index is 1.96. The van der Waals surface area contributed by atoms with E-state index in [2.05, 4.69) is 16.9 Å². The fourth-order valence-corrected chi connectivity index (χ4v) is 2.70. The van der Waals surface area contributed by atoms with Gasteiger partial charge < -0.3 is 14.4 Å². The molecule has 1 aromatic heterocycles. The average Bonchev–Trinajstić information content (AvgIpc) is 2.58. The van der Waals surface area contributed by atoms with E-state index in [-0.39, 0.29) is 12.2 Å². The summed E-state index contributed by atoms with van der Waals surface area (Å²) in [5, 5.41) is 0.305. The largest absolute Gasteiger partial charge is 0.473 e. The monoisotopic (exact) mass is 341 g/mol. The van der Waals surface area contributed by atoms with E-state index in [0.717, 1.165) is 12.8 Å². The average molecular weight is 342 g/mol. The molecular formula is C16H24ClN3O3. The molecule has 128 valence electrons. The Morgan fingerprint density at radius 2 is 2.13 bits per heavy atom. The SMILES string of the molecule is C[C@@H]1CC(Oc2cncc(Cl)n2)CCN(C(=O)OC(C)(C)C)C1. The summed E-state index contributed by atoms with van der Waals surface area (Å²) in [7, 11) is 0. The lowest BCUT2D eigenvalue weighted by atomic mass is 10.0. The van der Waals surface area contributed by atoms with Crippen LogP contribution in [0.25, 0.3) is 0 Å². The van der Waals surface area contributed by atoms with Crippen LogP contribution in [0.3, 0.4) is 0 Å². The topological polar surface area (TPSA) is 64.6 Å². The van der Waals surface area contributed by atoms with Gasteiger partial charge in [-0.15, -0.1) is 0 Å². The highest BCUT2D eigenvalue weighted by atomic mass is 35.5. The predicted octanol–water partition coefficient (Wildman–Crippen LogP) is 3.54. The Morgan fingerprint density at radius 1 is 1.39 bits per heavy atom. The number of hydrogen-bond acceptors (Lipinski definition) is 5. The van der Waals surface area contributed by atoms with E-state index >= 15 is 0 Å². The van der Waals surface area contributed by atoms with Crippen LogP contribution in [0.5, 0.6) is 5.88 Å². The van der Waals surface area contributed by atoms with E-state index in [1.807, 2.05) is 20.8 Å². The first-order valence-electron chi connectivity index (χ1n) is 7.85. The normalized spacial score (nSPS) is 22.4. The molecule has 2 heterocycles. The van der Waals surface area contributed by atoms with Crippen molar-refractivity contribution in [3.05, 3.63) is 17.5 Å². The number of carbonyl (C=O) groups excluding carboxylic acids is 1. The predicted molar refractivity (Wildman–Crippen MR) is 87.7 cm³/mol. The maximum atomic E-state index is 12.2. The van der Waals surface area contributed by atoms with Crippen LogP contribution >= 0.6 is 11.6 Å². The Hall–Kier alpha value is -1.56. The van der Waals surface area contributed by atoms with Crippen LogP contribution in [-0.2, 0) is 4.74 Å². The molecule has 0 saturated carbocycles. The van der Waals surface area contributed by atoms with Gasteiger partial charge in [0.15, 0.2) is 5.15 Å². The minimum atomic E-state index is -0.487. The fraction of sp³-hybridized carbons (Fsp3) is 0.688. The molecule has 6 nitrogen and oxygen atoms in total. The minimum Gasteiger partial charge on any atom is -0.473 e. The van der Waals surface area contributed by atoms with Crippen molar-refractivity contribution < 1.29 is 14.3 Å². The lowest BCUT2D eigenvalue weighted by Gasteiger charge is -2.27. The lowest BCUT2D eigenvalue weighted by molar-refractivity contribution is 0.0236. The van der Waals surface area contributed by atoms with Crippen LogP contribution in [0, 0.1) is 5.92 Å². The van der Waals surface area contributed by atoms with Crippen molar-refractivity contribution in [2.75, 3.05) is 13.1 Å². The molecule has 7 heteroatoms. The maximum Gasteiger partial charge on any atom is 0.410 e. The quantitative estimate of drug-likeness (QED) is 0.823. The summed E-state index contributed by atoms with van der Waals surface area (Å²) >= 11 is 5.83. The van der Waals surface area contributed by atoms with Crippen molar-refractivity contribution >= 4 is 17.7 Å². The molecule has 1 aromatic rings. The second-order valence-corrected chi connectivity index (χ2v) is 7.36. The smallest absolute Gasteiger partial charge is 0.410 e. The van der Waals surface area contributed by atoms with Gasteiger partial charge in [0.2, 0.25) is 5.88 Å². The number of ether oxygens (including phenoxy) is 2. The van der Waals surface area contributed by atoms with Crippen molar-refractivity contribution in [3.63, 3.8) is 0 Å². The van der Waals surface area contributed by atoms with Gasteiger partial charge in [-0.25, -0.2) is 4.79 Å². The molecule has 0 aliphatic carbocycles. The lowest BCUT2D eigenvalue weighted by Crippen LogP contribution is -2.38. The van der Waals surface area contributed by atoms with E-state index in [4.69, 9.17) is 21.1 Å². The highest BCUT2D eigenvalue weighted by molar-refractivity contribution is 6.29. The summed E-state index contributed by atoms with van der Waals surface area (Å²) in [5.41, 5.74) is -0.487. The van der Waals surface area contributed by atoms with Crippen LogP contribution in [0.15, 0.2) is 12.4 Å². The van der Waals surface area contributed by atoms with Crippen molar-refractivity contribution in [2.45, 2.75) is 52.2 Å². The van der Waals surface area contributed by atoms with E-state index in [1.54, 1.807) is 11.1 Å². The van der Waals surface area contributed by atoms with Gasteiger partial charge in [0.05, 0.1) is 12.4 Å². The number of halogens is 1. The molecule has 1 fully saturated rings. The molecule has 1 amide bonds. The molecule has 1 aliphatic rings. The van der Waals surface area contributed by atoms with Crippen LogP contribution in [0.1, 0.15) is 40.5 Å². The van der Waals surface area contributed by atoms with E-state index < -0.39 is 5.60 Å². The molecule has 0 N–H and O–H groups in total. The highest BCUT2D eigenvalue weighted by Gasteiger charge is 2.29. The number of nitrogens with zero attached hydrogens (tertiary/aromatic N) is 3. The summed E-state index contributed by atoms with van der Waals surface area (Å²) in [4.78, 5) is 22.1. The third-order valence-electron chi connectivity index (χ3n) is 3.44. The number of aromatic nitrogens is 2. The number of rotatable bonds is 2. The van der Waals surface area contributed by atoms with E-state index in [9.17, 15) is 4.79 Å². The Labute approximate surface area is 142 Å². The third-order valence-corrected chi connectivity index (χ3v) is 3.62. The molecule has 23 heavy (non-hydrogen) atoms. The first-order valence-corrected chi connectivity index (χ1v) is 8.23. The summed E-state index contributed by atoms with van der Waals surface area (Å²) < 4.78 is 11.3. The van der Waals surface area contributed by atoms with Gasteiger partial charge in [-0.1, -0.05) is 18.5 Å². The van der Waals surface area contributed by atoms with Crippen molar-refractivity contribution in [1.29, 1.82) is 0 Å². The second kappa shape index (κ2) is 7.34. The molecule has 2 atom stereocenters. The Kier molecular flexibility index (Phi) is 5.68. The number of hydrogen-bond donors (Lipinski definition) is 0. The van der Waals surface area contributed by atoms with Gasteiger partial charge in [0, 0.05) is 19.5 Å². The van der Waals surface area contributed by atoms with Gasteiger partial charge in [-0.2, -0.15) is 4.98 Å². The highest BCUT2D eigenvalue weighted by Crippen LogP contribution is 2.22. The third kappa shape index (κ3) is 5.86. The molecule has 0 aromatic carbocycles. The van der Waals surface area contributed by atoms with Crippen LogP contribution in [0.2, 0.25) is 5.15 Å². The van der Waals surface area contributed by atoms with Crippen molar-refractivity contribution in [3.8, 4) is 5.88 Å². The van der Waals surface area contributed by atoms with Gasteiger partial charge in [0.1, 0.15) is 11.7 Å². The fourth-order valence-electron chi connectivity index (χ4n) is 2.56. The first kappa shape index (κ1) is 17.8. The van der Waals surface area contributed by atoms with Gasteiger partial charge in [-0.3, -0.25) is 4.98 Å². The molecule has 2 rings (SSSR count). The summed E-state index contributed by atoms with van der Waals surface area (Å²) in [6, 6.07) is 0. The zero-order valence-corrected chi connectivity index (χ0v) is 14.8. The maximum absolute atomic E-state index is 12.2. The zero-order valence-electron chi connectivity index (χ0n) is 14.1. The summed E-state index contributed by atoms with van der Waals surface area (Å²) in [6.07, 6.45) is 4.28. The zero-order chi connectivity index (χ0) is 17.0. The Bertz CT molecular complexity index is 548. The molecule has 0 bridgehead atoms.